The van der Waals surface area contributed by atoms with Gasteiger partial charge in [0.1, 0.15) is 11.8 Å². The van der Waals surface area contributed by atoms with Gasteiger partial charge in [-0.3, -0.25) is 14.4 Å². The van der Waals surface area contributed by atoms with Gasteiger partial charge in [0, 0.05) is 22.3 Å². The smallest absolute Gasteiger partial charge is 0.310 e. The number of carbonyl (C=O) groups excluding carboxylic acids is 3. The Kier molecular flexibility index (Phi) is 7.54. The van der Waals surface area contributed by atoms with E-state index in [0.717, 1.165) is 0 Å². The number of hydrogen-bond donors (Lipinski definition) is 1. The summed E-state index contributed by atoms with van der Waals surface area (Å²) in [5.41, 5.74) is 0.648. The average Bonchev–Trinajstić information content (AvgIpc) is 3.45. The summed E-state index contributed by atoms with van der Waals surface area (Å²) in [6.07, 6.45) is 2.20. The van der Waals surface area contributed by atoms with Crippen molar-refractivity contribution >= 4 is 51.2 Å². The van der Waals surface area contributed by atoms with Crippen molar-refractivity contribution in [3.63, 3.8) is 0 Å². The molecule has 7 atom stereocenters. The monoisotopic (exact) mass is 566 g/mol. The van der Waals surface area contributed by atoms with Crippen molar-refractivity contribution in [2.24, 2.45) is 11.8 Å². The summed E-state index contributed by atoms with van der Waals surface area (Å²) in [4.78, 5) is 44.3. The largest absolute Gasteiger partial charge is 0.497 e. The summed E-state index contributed by atoms with van der Waals surface area (Å²) >= 11 is 5.27. The number of aliphatic hydroxyl groups is 1. The first-order chi connectivity index (χ1) is 16.7. The van der Waals surface area contributed by atoms with Crippen molar-refractivity contribution in [2.75, 3.05) is 31.8 Å². The van der Waals surface area contributed by atoms with E-state index >= 15 is 0 Å². The van der Waals surface area contributed by atoms with Crippen molar-refractivity contribution in [2.45, 2.75) is 47.2 Å². The van der Waals surface area contributed by atoms with Gasteiger partial charge < -0.3 is 24.4 Å². The maximum Gasteiger partial charge on any atom is 0.310 e. The molecule has 0 radical (unpaired) electrons. The van der Waals surface area contributed by atoms with Crippen molar-refractivity contribution in [1.82, 2.24) is 4.90 Å². The molecule has 3 heterocycles. The molecule has 3 unspecified atom stereocenters. The number of alkyl halides is 1. The van der Waals surface area contributed by atoms with Gasteiger partial charge in [0.25, 0.3) is 5.91 Å². The topological polar surface area (TPSA) is 96.4 Å². The number of fused-ring (bicyclic) bond motifs is 1. The van der Waals surface area contributed by atoms with Gasteiger partial charge in [-0.25, -0.2) is 0 Å². The fourth-order valence-electron chi connectivity index (χ4n) is 5.78. The highest BCUT2D eigenvalue weighted by molar-refractivity contribution is 9.09. The number of nitrogens with zero attached hydrogens (tertiary/aromatic N) is 2. The maximum atomic E-state index is 14.3. The van der Waals surface area contributed by atoms with Crippen molar-refractivity contribution in [3.05, 3.63) is 36.9 Å². The van der Waals surface area contributed by atoms with Gasteiger partial charge in [-0.1, -0.05) is 22.0 Å². The Balaban J connectivity index is 1.80. The molecule has 0 saturated carbocycles. The number of carbonyl (C=O) groups is 3. The van der Waals surface area contributed by atoms with Gasteiger partial charge in [-0.05, 0) is 44.5 Å². The number of methoxy groups -OCH3 is 1. The minimum Gasteiger partial charge on any atom is -0.497 e. The molecule has 0 aliphatic carbocycles. The van der Waals surface area contributed by atoms with Gasteiger partial charge in [0.05, 0.1) is 42.9 Å². The predicted molar refractivity (Wildman–Crippen MR) is 138 cm³/mol. The number of ether oxygens (including phenoxy) is 2. The Bertz CT molecular complexity index is 1010. The lowest BCUT2D eigenvalue weighted by molar-refractivity contribution is -0.154. The van der Waals surface area contributed by atoms with E-state index in [2.05, 4.69) is 22.5 Å². The molecule has 4 rings (SSSR count). The molecule has 1 aromatic rings. The number of amides is 2. The number of anilines is 1. The number of thioether (sulfide) groups is 1. The van der Waals surface area contributed by atoms with Crippen LogP contribution in [-0.4, -0.2) is 81.6 Å². The van der Waals surface area contributed by atoms with Crippen molar-refractivity contribution in [1.29, 1.82) is 0 Å². The molecule has 190 valence electrons. The Hall–Kier alpha value is -2.04. The van der Waals surface area contributed by atoms with E-state index in [1.54, 1.807) is 68.0 Å². The van der Waals surface area contributed by atoms with E-state index in [4.69, 9.17) is 9.47 Å². The van der Waals surface area contributed by atoms with Crippen LogP contribution < -0.4 is 9.64 Å². The minimum atomic E-state index is -0.848. The predicted octanol–water partition coefficient (Wildman–Crippen LogP) is 2.62. The van der Waals surface area contributed by atoms with Crippen LogP contribution in [0.2, 0.25) is 0 Å². The van der Waals surface area contributed by atoms with Crippen LogP contribution in [0.25, 0.3) is 0 Å². The zero-order valence-electron chi connectivity index (χ0n) is 20.1. The molecule has 2 amide bonds. The van der Waals surface area contributed by atoms with Gasteiger partial charge in [0.15, 0.2) is 0 Å². The maximum absolute atomic E-state index is 14.3. The number of likely N-dealkylation sites (tertiary alicyclic amines) is 1. The molecule has 0 aromatic heterocycles. The number of aliphatic hydroxyl groups excluding tert-OH is 1. The van der Waals surface area contributed by atoms with Crippen LogP contribution in [0, 0.1) is 11.8 Å². The van der Waals surface area contributed by atoms with Gasteiger partial charge in [0.2, 0.25) is 5.91 Å². The Morgan fingerprint density at radius 1 is 1.40 bits per heavy atom. The summed E-state index contributed by atoms with van der Waals surface area (Å²) < 4.78 is 9.81. The molecule has 3 aliphatic heterocycles. The van der Waals surface area contributed by atoms with Crippen LogP contribution in [0.5, 0.6) is 5.75 Å². The third-order valence-electron chi connectivity index (χ3n) is 7.22. The summed E-state index contributed by atoms with van der Waals surface area (Å²) in [5.74, 6) is -1.61. The molecule has 2 bridgehead atoms. The summed E-state index contributed by atoms with van der Waals surface area (Å²) in [7, 11) is 1.57. The van der Waals surface area contributed by atoms with Gasteiger partial charge >= 0.3 is 5.97 Å². The van der Waals surface area contributed by atoms with E-state index in [9.17, 15) is 19.5 Å². The lowest BCUT2D eigenvalue weighted by Crippen LogP contribution is -2.57. The molecule has 3 saturated heterocycles. The second kappa shape index (κ2) is 10.1. The Morgan fingerprint density at radius 3 is 2.66 bits per heavy atom. The minimum absolute atomic E-state index is 0.0421. The van der Waals surface area contributed by atoms with E-state index in [1.807, 2.05) is 0 Å². The molecule has 3 fully saturated rings. The lowest BCUT2D eigenvalue weighted by Gasteiger charge is -2.39. The van der Waals surface area contributed by atoms with Crippen LogP contribution in [0.1, 0.15) is 20.3 Å². The second-order valence-corrected chi connectivity index (χ2v) is 11.8. The van der Waals surface area contributed by atoms with Crippen LogP contribution in [0.4, 0.5) is 5.69 Å². The molecule has 8 nitrogen and oxygen atoms in total. The highest BCUT2D eigenvalue weighted by atomic mass is 79.9. The van der Waals surface area contributed by atoms with Crippen LogP contribution in [-0.2, 0) is 19.1 Å². The summed E-state index contributed by atoms with van der Waals surface area (Å²) in [6, 6.07) is 5.69. The summed E-state index contributed by atoms with van der Waals surface area (Å²) in [5, 5.41) is 9.85. The number of benzene rings is 1. The molecule has 10 heteroatoms. The number of halogens is 1. The highest BCUT2D eigenvalue weighted by Gasteiger charge is 2.76. The molecule has 35 heavy (non-hydrogen) atoms. The average molecular weight is 568 g/mol. The standard InChI is InChI=1S/C25H31BrN2O6S/c1-5-11-27(15-7-9-16(33-4)10-8-15)23(31)21-25-12-17(26)20(35-25)18(24(32)34-6-2)19(25)22(30)28(21)14(3)13-29/h5,7-10,14,17-21,29H,1,6,11-13H2,2-4H3/t14-,17?,18-,19+,20-,21?,25?/m1/s1. The van der Waals surface area contributed by atoms with E-state index in [0.29, 0.717) is 17.9 Å². The van der Waals surface area contributed by atoms with Crippen LogP contribution >= 0.6 is 27.7 Å². The normalized spacial score (nSPS) is 31.7. The van der Waals surface area contributed by atoms with Gasteiger partial charge in [-0.2, -0.15) is 0 Å². The van der Waals surface area contributed by atoms with Crippen LogP contribution in [0.3, 0.4) is 0 Å². The fourth-order valence-corrected chi connectivity index (χ4v) is 9.36. The fraction of sp³-hybridized carbons (Fsp3) is 0.560. The molecule has 3 aliphatic rings. The zero-order valence-corrected chi connectivity index (χ0v) is 22.5. The molecular weight excluding hydrogens is 536 g/mol. The first-order valence-corrected chi connectivity index (χ1v) is 13.5. The molecule has 1 aromatic carbocycles. The van der Waals surface area contributed by atoms with E-state index < -0.39 is 34.6 Å². The number of rotatable bonds is 9. The van der Waals surface area contributed by atoms with Crippen LogP contribution in [0.15, 0.2) is 36.9 Å². The SMILES string of the molecule is C=CCN(C(=O)C1N([C@H](C)CO)C(=O)[C@@H]2[C@@H](C(=O)OCC)[C@@H]3SC12CC3Br)c1ccc(OC)cc1. The van der Waals surface area contributed by atoms with Crippen molar-refractivity contribution < 1.29 is 29.0 Å². The Labute approximate surface area is 218 Å². The second-order valence-electron chi connectivity index (χ2n) is 9.13. The van der Waals surface area contributed by atoms with E-state index in [1.165, 1.54) is 4.90 Å². The summed E-state index contributed by atoms with van der Waals surface area (Å²) in [6.45, 7) is 7.45. The Morgan fingerprint density at radius 2 is 2.09 bits per heavy atom. The molecule has 1 spiro atoms. The molecular formula is C25H31BrN2O6S. The first-order valence-electron chi connectivity index (χ1n) is 11.7. The van der Waals surface area contributed by atoms with Gasteiger partial charge in [-0.15, -0.1) is 18.3 Å². The zero-order chi connectivity index (χ0) is 25.5. The number of hydrogen-bond acceptors (Lipinski definition) is 7. The lowest BCUT2D eigenvalue weighted by atomic mass is 9.71. The number of esters is 1. The highest BCUT2D eigenvalue weighted by Crippen LogP contribution is 2.68. The van der Waals surface area contributed by atoms with E-state index in [-0.39, 0.29) is 41.6 Å². The third-order valence-corrected chi connectivity index (χ3v) is 10.4. The van der Waals surface area contributed by atoms with Crippen molar-refractivity contribution in [3.8, 4) is 5.75 Å². The third kappa shape index (κ3) is 4.07. The first kappa shape index (κ1) is 26.0. The molecule has 1 N–H and O–H groups in total. The quantitative estimate of drug-likeness (QED) is 0.279.